The Kier molecular flexibility index (Phi) is 3.94. The van der Waals surface area contributed by atoms with Crippen LogP contribution in [0.4, 0.5) is 5.69 Å². The van der Waals surface area contributed by atoms with Gasteiger partial charge in [0.2, 0.25) is 0 Å². The molecule has 6 heteroatoms. The van der Waals surface area contributed by atoms with Crippen LogP contribution in [0.1, 0.15) is 31.2 Å². The Hall–Kier alpha value is -2.21. The van der Waals surface area contributed by atoms with Crippen molar-refractivity contribution in [3.8, 4) is 5.75 Å². The van der Waals surface area contributed by atoms with E-state index in [4.69, 9.17) is 5.11 Å². The van der Waals surface area contributed by atoms with Gasteiger partial charge in [-0.3, -0.25) is 15.1 Å². The molecule has 2 unspecified atom stereocenters. The van der Waals surface area contributed by atoms with Gasteiger partial charge >= 0.3 is 5.97 Å². The Morgan fingerprint density at radius 3 is 3.09 bits per heavy atom. The number of aliphatic imine (C=N–C) groups is 2. The van der Waals surface area contributed by atoms with Crippen LogP contribution in [0.15, 0.2) is 28.2 Å². The third-order valence-corrected chi connectivity index (χ3v) is 4.23. The Bertz CT molecular complexity index is 667. The Morgan fingerprint density at radius 2 is 2.32 bits per heavy atom. The first kappa shape index (κ1) is 14.7. The molecule has 2 heterocycles. The number of nitrogens with one attached hydrogen (secondary N) is 1. The second-order valence-corrected chi connectivity index (χ2v) is 5.82. The summed E-state index contributed by atoms with van der Waals surface area (Å²) in [5.74, 6) is -0.502. The molecule has 0 aliphatic carbocycles. The van der Waals surface area contributed by atoms with Crippen molar-refractivity contribution in [2.45, 2.75) is 25.7 Å². The SMILES string of the molecule is CC(CCC(=O)O)C1C2=NCNCC2=Nc2ccc(O)cc21. The number of aromatic hydroxyl groups is 1. The first-order valence-electron chi connectivity index (χ1n) is 7.44. The monoisotopic (exact) mass is 301 g/mol. The number of fused-ring (bicyclic) bond motifs is 2. The maximum absolute atomic E-state index is 10.9. The molecule has 3 N–H and O–H groups in total. The predicted molar refractivity (Wildman–Crippen MR) is 84.3 cm³/mol. The Morgan fingerprint density at radius 1 is 1.50 bits per heavy atom. The van der Waals surface area contributed by atoms with Crippen molar-refractivity contribution in [2.24, 2.45) is 15.9 Å². The number of phenolic OH excluding ortho intramolecular Hbond substituents is 1. The highest BCUT2D eigenvalue weighted by Crippen LogP contribution is 2.41. The normalized spacial score (nSPS) is 21.2. The lowest BCUT2D eigenvalue weighted by molar-refractivity contribution is -0.137. The summed E-state index contributed by atoms with van der Waals surface area (Å²) >= 11 is 0. The summed E-state index contributed by atoms with van der Waals surface area (Å²) in [6, 6.07) is 5.16. The van der Waals surface area contributed by atoms with E-state index in [0.29, 0.717) is 19.6 Å². The molecule has 0 saturated carbocycles. The summed E-state index contributed by atoms with van der Waals surface area (Å²) in [5.41, 5.74) is 3.61. The maximum Gasteiger partial charge on any atom is 0.303 e. The summed E-state index contributed by atoms with van der Waals surface area (Å²) in [5, 5.41) is 21.9. The molecule has 2 aliphatic heterocycles. The zero-order valence-electron chi connectivity index (χ0n) is 12.4. The fourth-order valence-corrected chi connectivity index (χ4v) is 3.15. The molecule has 22 heavy (non-hydrogen) atoms. The second kappa shape index (κ2) is 5.88. The van der Waals surface area contributed by atoms with Crippen LogP contribution in [-0.4, -0.2) is 40.8 Å². The number of rotatable bonds is 4. The minimum atomic E-state index is -0.792. The molecular weight excluding hydrogens is 282 g/mol. The van der Waals surface area contributed by atoms with E-state index in [1.54, 1.807) is 18.2 Å². The van der Waals surface area contributed by atoms with Gasteiger partial charge in [-0.05, 0) is 36.1 Å². The fourth-order valence-electron chi connectivity index (χ4n) is 3.15. The number of carbonyl (C=O) groups is 1. The van der Waals surface area contributed by atoms with Crippen LogP contribution in [0.5, 0.6) is 5.75 Å². The van der Waals surface area contributed by atoms with Crippen molar-refractivity contribution >= 4 is 23.1 Å². The molecule has 2 aliphatic rings. The van der Waals surface area contributed by atoms with E-state index in [1.807, 2.05) is 6.92 Å². The number of hydrogen-bond donors (Lipinski definition) is 3. The molecule has 0 aromatic heterocycles. The third kappa shape index (κ3) is 2.74. The van der Waals surface area contributed by atoms with Crippen molar-refractivity contribution in [3.63, 3.8) is 0 Å². The molecule has 116 valence electrons. The highest BCUT2D eigenvalue weighted by Gasteiger charge is 2.34. The molecule has 0 fully saturated rings. The lowest BCUT2D eigenvalue weighted by Gasteiger charge is -2.33. The van der Waals surface area contributed by atoms with Crippen molar-refractivity contribution < 1.29 is 15.0 Å². The zero-order valence-corrected chi connectivity index (χ0v) is 12.4. The minimum Gasteiger partial charge on any atom is -0.508 e. The summed E-state index contributed by atoms with van der Waals surface area (Å²) in [4.78, 5) is 20.1. The molecule has 0 radical (unpaired) electrons. The molecular formula is C16H19N3O3. The number of nitrogens with zero attached hydrogens (tertiary/aromatic N) is 2. The van der Waals surface area contributed by atoms with Crippen LogP contribution in [0.25, 0.3) is 0 Å². The molecule has 2 atom stereocenters. The van der Waals surface area contributed by atoms with E-state index in [9.17, 15) is 9.90 Å². The molecule has 0 saturated heterocycles. The molecule has 0 bridgehead atoms. The number of carboxylic acid groups (broad SMARTS) is 1. The van der Waals surface area contributed by atoms with Crippen LogP contribution in [-0.2, 0) is 4.79 Å². The van der Waals surface area contributed by atoms with Gasteiger partial charge in [0.15, 0.2) is 0 Å². The van der Waals surface area contributed by atoms with E-state index in [2.05, 4.69) is 15.3 Å². The van der Waals surface area contributed by atoms with Crippen molar-refractivity contribution in [1.82, 2.24) is 5.32 Å². The van der Waals surface area contributed by atoms with Gasteiger partial charge in [0, 0.05) is 18.9 Å². The molecule has 3 rings (SSSR count). The fraction of sp³-hybridized carbons (Fsp3) is 0.438. The van der Waals surface area contributed by atoms with Gasteiger partial charge in [-0.25, -0.2) is 4.99 Å². The van der Waals surface area contributed by atoms with E-state index in [-0.39, 0.29) is 24.0 Å². The second-order valence-electron chi connectivity index (χ2n) is 5.82. The average molecular weight is 301 g/mol. The van der Waals surface area contributed by atoms with Gasteiger partial charge in [0.1, 0.15) is 5.75 Å². The van der Waals surface area contributed by atoms with Crippen LogP contribution < -0.4 is 5.32 Å². The van der Waals surface area contributed by atoms with Crippen molar-refractivity contribution in [1.29, 1.82) is 0 Å². The third-order valence-electron chi connectivity index (χ3n) is 4.23. The Labute approximate surface area is 128 Å². The lowest BCUT2D eigenvalue weighted by Crippen LogP contribution is -2.41. The number of aliphatic carboxylic acids is 1. The average Bonchev–Trinajstić information content (AvgIpc) is 2.50. The smallest absolute Gasteiger partial charge is 0.303 e. The largest absolute Gasteiger partial charge is 0.508 e. The number of phenols is 1. The van der Waals surface area contributed by atoms with Crippen LogP contribution >= 0.6 is 0 Å². The van der Waals surface area contributed by atoms with Gasteiger partial charge in [-0.2, -0.15) is 0 Å². The molecule has 0 amide bonds. The number of benzene rings is 1. The topological polar surface area (TPSA) is 94.3 Å². The quantitative estimate of drug-likeness (QED) is 0.793. The maximum atomic E-state index is 10.9. The summed E-state index contributed by atoms with van der Waals surface area (Å²) in [6.07, 6.45) is 0.693. The summed E-state index contributed by atoms with van der Waals surface area (Å²) in [6.45, 7) is 3.25. The van der Waals surface area contributed by atoms with Crippen LogP contribution in [0.2, 0.25) is 0 Å². The minimum absolute atomic E-state index is 0.0175. The van der Waals surface area contributed by atoms with Crippen LogP contribution in [0.3, 0.4) is 0 Å². The first-order valence-corrected chi connectivity index (χ1v) is 7.44. The first-order chi connectivity index (χ1) is 10.6. The van der Waals surface area contributed by atoms with E-state index >= 15 is 0 Å². The van der Waals surface area contributed by atoms with Crippen molar-refractivity contribution in [3.05, 3.63) is 23.8 Å². The highest BCUT2D eigenvalue weighted by molar-refractivity contribution is 6.46. The number of carboxylic acids is 1. The van der Waals surface area contributed by atoms with E-state index in [1.165, 1.54) is 0 Å². The van der Waals surface area contributed by atoms with Crippen molar-refractivity contribution in [2.75, 3.05) is 13.2 Å². The van der Waals surface area contributed by atoms with E-state index in [0.717, 1.165) is 22.7 Å². The number of hydrogen-bond acceptors (Lipinski definition) is 5. The molecule has 1 aromatic rings. The summed E-state index contributed by atoms with van der Waals surface area (Å²) < 4.78 is 0. The van der Waals surface area contributed by atoms with Gasteiger partial charge in [-0.15, -0.1) is 0 Å². The Balaban J connectivity index is 2.01. The van der Waals surface area contributed by atoms with Gasteiger partial charge < -0.3 is 10.2 Å². The highest BCUT2D eigenvalue weighted by atomic mass is 16.4. The lowest BCUT2D eigenvalue weighted by atomic mass is 9.77. The van der Waals surface area contributed by atoms with Crippen LogP contribution in [0, 0.1) is 5.92 Å². The molecule has 6 nitrogen and oxygen atoms in total. The summed E-state index contributed by atoms with van der Waals surface area (Å²) in [7, 11) is 0. The van der Waals surface area contributed by atoms with Gasteiger partial charge in [0.25, 0.3) is 0 Å². The van der Waals surface area contributed by atoms with Gasteiger partial charge in [-0.1, -0.05) is 6.92 Å². The standard InChI is InChI=1S/C16H19N3O3/c1-9(2-5-14(21)22)15-11-6-10(20)3-4-12(11)19-13-7-17-8-18-16(13)15/h3-4,6,9,15,17,20H,2,5,7-8H2,1H3,(H,21,22). The molecule has 1 aromatic carbocycles. The molecule has 0 spiro atoms. The zero-order chi connectivity index (χ0) is 15.7. The van der Waals surface area contributed by atoms with Gasteiger partial charge in [0.05, 0.1) is 23.8 Å². The van der Waals surface area contributed by atoms with E-state index < -0.39 is 5.97 Å². The predicted octanol–water partition coefficient (Wildman–Crippen LogP) is 2.06.